The first kappa shape index (κ1) is 6.95. The molecular weight excluding hydrogens is 164 g/mol. The predicted molar refractivity (Wildman–Crippen MR) is 51.5 cm³/mol. The van der Waals surface area contributed by atoms with E-state index in [0.717, 1.165) is 30.3 Å². The minimum atomic E-state index is 0.301. The number of hydrogen-bond acceptors (Lipinski definition) is 3. The molecule has 0 bridgehead atoms. The fourth-order valence-corrected chi connectivity index (χ4v) is 1.75. The topological polar surface area (TPSA) is 33.6 Å². The van der Waals surface area contributed by atoms with Gasteiger partial charge in [-0.3, -0.25) is 0 Å². The average Bonchev–Trinajstić information content (AvgIpc) is 2.61. The lowest BCUT2D eigenvalue weighted by molar-refractivity contribution is 0.344. The van der Waals surface area contributed by atoms with E-state index in [1.165, 1.54) is 0 Å². The number of aliphatic imine (C=N–C) groups is 1. The fraction of sp³-hybridized carbons (Fsp3) is 0.300. The lowest BCUT2D eigenvalue weighted by Crippen LogP contribution is -2.27. The van der Waals surface area contributed by atoms with Crippen molar-refractivity contribution in [1.82, 2.24) is 0 Å². The lowest BCUT2D eigenvalue weighted by atomic mass is 10.1. The van der Waals surface area contributed by atoms with Crippen LogP contribution in [-0.2, 0) is 4.74 Å². The minimum Gasteiger partial charge on any atom is -0.479 e. The lowest BCUT2D eigenvalue weighted by Gasteiger charge is -2.19. The second-order valence-corrected chi connectivity index (χ2v) is 3.30. The molecule has 3 rings (SSSR count). The monoisotopic (exact) mass is 174 g/mol. The highest BCUT2D eigenvalue weighted by Crippen LogP contribution is 2.31. The number of fused-ring (bicyclic) bond motifs is 2. The maximum atomic E-state index is 5.40. The molecule has 0 aromatic heterocycles. The number of nitrogens with zero attached hydrogens (tertiary/aromatic N) is 1. The van der Waals surface area contributed by atoms with Gasteiger partial charge in [0.2, 0.25) is 5.90 Å². The number of ether oxygens (including phenoxy) is 1. The molecule has 2 heterocycles. The summed E-state index contributed by atoms with van der Waals surface area (Å²) in [5.74, 6) is 0.846. The third-order valence-electron chi connectivity index (χ3n) is 2.42. The zero-order valence-corrected chi connectivity index (χ0v) is 7.16. The summed E-state index contributed by atoms with van der Waals surface area (Å²) in [6.45, 7) is 0.782. The molecule has 2 aliphatic rings. The number of rotatable bonds is 0. The molecule has 0 amide bonds. The summed E-state index contributed by atoms with van der Waals surface area (Å²) >= 11 is 0. The largest absolute Gasteiger partial charge is 0.479 e. The van der Waals surface area contributed by atoms with E-state index < -0.39 is 0 Å². The van der Waals surface area contributed by atoms with Gasteiger partial charge >= 0.3 is 0 Å². The number of benzene rings is 1. The molecule has 66 valence electrons. The van der Waals surface area contributed by atoms with E-state index in [4.69, 9.17) is 4.74 Å². The molecule has 0 aliphatic carbocycles. The fourth-order valence-electron chi connectivity index (χ4n) is 1.75. The van der Waals surface area contributed by atoms with Gasteiger partial charge in [-0.05, 0) is 12.1 Å². The Balaban J connectivity index is 2.10. The number of para-hydroxylation sites is 2. The van der Waals surface area contributed by atoms with Crippen LogP contribution >= 0.6 is 0 Å². The summed E-state index contributed by atoms with van der Waals surface area (Å²) in [4.78, 5) is 4.44. The van der Waals surface area contributed by atoms with E-state index >= 15 is 0 Å². The number of hydrogen-bond donors (Lipinski definition) is 1. The first-order valence-corrected chi connectivity index (χ1v) is 4.50. The molecule has 1 unspecified atom stereocenters. The third-order valence-corrected chi connectivity index (χ3v) is 2.42. The van der Waals surface area contributed by atoms with Crippen LogP contribution < -0.4 is 5.32 Å². The Labute approximate surface area is 76.4 Å². The van der Waals surface area contributed by atoms with Crippen molar-refractivity contribution >= 4 is 17.3 Å². The van der Waals surface area contributed by atoms with Crippen molar-refractivity contribution < 1.29 is 4.74 Å². The molecule has 1 fully saturated rings. The minimum absolute atomic E-state index is 0.301. The quantitative estimate of drug-likeness (QED) is 0.652. The van der Waals surface area contributed by atoms with Gasteiger partial charge in [-0.1, -0.05) is 12.1 Å². The van der Waals surface area contributed by atoms with Gasteiger partial charge in [0, 0.05) is 6.42 Å². The normalized spacial score (nSPS) is 23.7. The van der Waals surface area contributed by atoms with Crippen molar-refractivity contribution in [1.29, 1.82) is 0 Å². The standard InChI is InChI=1S/C10H10N2O/c1-2-4-8-7(3-1)11-9-5-6-13-10(9)12-8/h1-4,9,11H,5-6H2. The third kappa shape index (κ3) is 1.00. The van der Waals surface area contributed by atoms with E-state index in [2.05, 4.69) is 10.3 Å². The van der Waals surface area contributed by atoms with Crippen molar-refractivity contribution in [2.24, 2.45) is 4.99 Å². The van der Waals surface area contributed by atoms with Crippen molar-refractivity contribution in [3.63, 3.8) is 0 Å². The first-order chi connectivity index (χ1) is 6.43. The highest BCUT2D eigenvalue weighted by atomic mass is 16.5. The molecule has 0 saturated carbocycles. The molecule has 1 aromatic rings. The van der Waals surface area contributed by atoms with Gasteiger partial charge in [-0.25, -0.2) is 4.99 Å². The maximum Gasteiger partial charge on any atom is 0.211 e. The molecule has 3 heteroatoms. The van der Waals surface area contributed by atoms with Crippen LogP contribution in [0.3, 0.4) is 0 Å². The molecule has 2 aliphatic heterocycles. The van der Waals surface area contributed by atoms with Gasteiger partial charge in [0.25, 0.3) is 0 Å². The molecule has 13 heavy (non-hydrogen) atoms. The van der Waals surface area contributed by atoms with Crippen LogP contribution in [0.5, 0.6) is 0 Å². The van der Waals surface area contributed by atoms with Gasteiger partial charge in [0.15, 0.2) is 0 Å². The second-order valence-electron chi connectivity index (χ2n) is 3.30. The van der Waals surface area contributed by atoms with Gasteiger partial charge in [0.1, 0.15) is 6.04 Å². The molecule has 1 N–H and O–H groups in total. The van der Waals surface area contributed by atoms with Gasteiger partial charge in [-0.2, -0.15) is 0 Å². The van der Waals surface area contributed by atoms with Gasteiger partial charge in [-0.15, -0.1) is 0 Å². The summed E-state index contributed by atoms with van der Waals surface area (Å²) in [5, 5.41) is 3.40. The van der Waals surface area contributed by atoms with E-state index in [1.807, 2.05) is 24.3 Å². The maximum absolute atomic E-state index is 5.40. The molecular formula is C10H10N2O. The van der Waals surface area contributed by atoms with E-state index in [9.17, 15) is 0 Å². The summed E-state index contributed by atoms with van der Waals surface area (Å²) in [6.07, 6.45) is 1.02. The van der Waals surface area contributed by atoms with Crippen molar-refractivity contribution in [2.75, 3.05) is 11.9 Å². The zero-order chi connectivity index (χ0) is 8.67. The van der Waals surface area contributed by atoms with Gasteiger partial charge < -0.3 is 10.1 Å². The van der Waals surface area contributed by atoms with Crippen LogP contribution in [-0.4, -0.2) is 18.5 Å². The second kappa shape index (κ2) is 2.49. The van der Waals surface area contributed by atoms with E-state index in [1.54, 1.807) is 0 Å². The Bertz CT molecular complexity index is 373. The van der Waals surface area contributed by atoms with Crippen LogP contribution in [0.4, 0.5) is 11.4 Å². The Kier molecular flexibility index (Phi) is 1.33. The van der Waals surface area contributed by atoms with Crippen molar-refractivity contribution in [3.8, 4) is 0 Å². The number of anilines is 1. The van der Waals surface area contributed by atoms with Crippen LogP contribution in [0.2, 0.25) is 0 Å². The van der Waals surface area contributed by atoms with Crippen LogP contribution in [0.1, 0.15) is 6.42 Å². The molecule has 3 nitrogen and oxygen atoms in total. The highest BCUT2D eigenvalue weighted by Gasteiger charge is 2.28. The number of nitrogens with one attached hydrogen (secondary N) is 1. The summed E-state index contributed by atoms with van der Waals surface area (Å²) < 4.78 is 5.40. The Hall–Kier alpha value is -1.51. The summed E-state index contributed by atoms with van der Waals surface area (Å²) in [6, 6.07) is 8.35. The average molecular weight is 174 g/mol. The molecule has 1 aromatic carbocycles. The summed E-state index contributed by atoms with van der Waals surface area (Å²) in [5.41, 5.74) is 2.09. The zero-order valence-electron chi connectivity index (χ0n) is 7.16. The van der Waals surface area contributed by atoms with Crippen molar-refractivity contribution in [3.05, 3.63) is 24.3 Å². The van der Waals surface area contributed by atoms with Crippen LogP contribution in [0.25, 0.3) is 0 Å². The highest BCUT2D eigenvalue weighted by molar-refractivity contribution is 5.93. The molecule has 1 saturated heterocycles. The van der Waals surface area contributed by atoms with Crippen LogP contribution in [0.15, 0.2) is 29.3 Å². The Morgan fingerprint density at radius 3 is 3.31 bits per heavy atom. The SMILES string of the molecule is c1ccc2c(c1)N=C1OCCC1N2. The van der Waals surface area contributed by atoms with Crippen molar-refractivity contribution in [2.45, 2.75) is 12.5 Å². The molecule has 0 spiro atoms. The Morgan fingerprint density at radius 1 is 1.38 bits per heavy atom. The van der Waals surface area contributed by atoms with E-state index in [0.29, 0.717) is 6.04 Å². The smallest absolute Gasteiger partial charge is 0.211 e. The van der Waals surface area contributed by atoms with Gasteiger partial charge in [0.05, 0.1) is 18.0 Å². The van der Waals surface area contributed by atoms with E-state index in [-0.39, 0.29) is 0 Å². The molecule has 0 radical (unpaired) electrons. The van der Waals surface area contributed by atoms with Crippen LogP contribution in [0, 0.1) is 0 Å². The summed E-state index contributed by atoms with van der Waals surface area (Å²) in [7, 11) is 0. The Morgan fingerprint density at radius 2 is 2.31 bits per heavy atom. The molecule has 1 atom stereocenters. The predicted octanol–water partition coefficient (Wildman–Crippen LogP) is 1.93. The first-order valence-electron chi connectivity index (χ1n) is 4.50.